The highest BCUT2D eigenvalue weighted by Crippen LogP contribution is 2.37. The summed E-state index contributed by atoms with van der Waals surface area (Å²) >= 11 is 3.25. The van der Waals surface area contributed by atoms with Crippen LogP contribution >= 0.6 is 15.9 Å². The van der Waals surface area contributed by atoms with Crippen molar-refractivity contribution < 1.29 is 4.39 Å². The second-order valence-electron chi connectivity index (χ2n) is 5.94. The molecule has 0 aliphatic carbocycles. The first-order valence-corrected chi connectivity index (χ1v) is 7.07. The molecule has 0 saturated carbocycles. The lowest BCUT2D eigenvalue weighted by molar-refractivity contribution is 0.117. The SMILES string of the molecule is CC(C)(C)N1CCC(N)C1c1ccc(F)c(Br)c1. The van der Waals surface area contributed by atoms with Gasteiger partial charge in [0.05, 0.1) is 10.5 Å². The highest BCUT2D eigenvalue weighted by atomic mass is 79.9. The molecule has 2 N–H and O–H groups in total. The van der Waals surface area contributed by atoms with Crippen molar-refractivity contribution in [3.63, 3.8) is 0 Å². The largest absolute Gasteiger partial charge is 0.326 e. The van der Waals surface area contributed by atoms with Crippen molar-refractivity contribution in [2.24, 2.45) is 5.73 Å². The number of hydrogen-bond donors (Lipinski definition) is 1. The molecule has 0 spiro atoms. The van der Waals surface area contributed by atoms with Crippen LogP contribution in [0.25, 0.3) is 0 Å². The van der Waals surface area contributed by atoms with Crippen molar-refractivity contribution in [1.29, 1.82) is 0 Å². The van der Waals surface area contributed by atoms with E-state index in [1.165, 1.54) is 6.07 Å². The van der Waals surface area contributed by atoms with E-state index in [9.17, 15) is 4.39 Å². The van der Waals surface area contributed by atoms with Crippen LogP contribution in [0.15, 0.2) is 22.7 Å². The Bertz CT molecular complexity index is 442. The number of nitrogens with two attached hydrogens (primary N) is 1. The fourth-order valence-corrected chi connectivity index (χ4v) is 3.09. The zero-order chi connectivity index (χ0) is 13.5. The van der Waals surface area contributed by atoms with Crippen LogP contribution in [0.2, 0.25) is 0 Å². The maximum absolute atomic E-state index is 13.3. The minimum Gasteiger partial charge on any atom is -0.326 e. The van der Waals surface area contributed by atoms with E-state index in [2.05, 4.69) is 41.6 Å². The van der Waals surface area contributed by atoms with Crippen molar-refractivity contribution in [2.45, 2.75) is 44.8 Å². The van der Waals surface area contributed by atoms with Crippen molar-refractivity contribution in [3.05, 3.63) is 34.1 Å². The molecule has 1 aromatic rings. The molecule has 1 heterocycles. The van der Waals surface area contributed by atoms with Gasteiger partial charge in [0.1, 0.15) is 5.82 Å². The van der Waals surface area contributed by atoms with Gasteiger partial charge in [-0.3, -0.25) is 4.90 Å². The summed E-state index contributed by atoms with van der Waals surface area (Å²) in [6.07, 6.45) is 0.983. The van der Waals surface area contributed by atoms with E-state index >= 15 is 0 Å². The van der Waals surface area contributed by atoms with Gasteiger partial charge < -0.3 is 5.73 Å². The van der Waals surface area contributed by atoms with E-state index in [0.717, 1.165) is 18.5 Å². The number of benzene rings is 1. The van der Waals surface area contributed by atoms with Crippen LogP contribution in [0, 0.1) is 5.82 Å². The molecule has 2 nitrogen and oxygen atoms in total. The Morgan fingerprint density at radius 1 is 1.39 bits per heavy atom. The van der Waals surface area contributed by atoms with E-state index in [4.69, 9.17) is 5.73 Å². The molecule has 0 bridgehead atoms. The molecule has 1 aliphatic rings. The van der Waals surface area contributed by atoms with Gasteiger partial charge in [-0.2, -0.15) is 0 Å². The molecule has 0 radical (unpaired) electrons. The highest BCUT2D eigenvalue weighted by Gasteiger charge is 2.38. The molecule has 2 unspecified atom stereocenters. The van der Waals surface area contributed by atoms with E-state index in [1.54, 1.807) is 0 Å². The summed E-state index contributed by atoms with van der Waals surface area (Å²) in [7, 11) is 0. The predicted molar refractivity (Wildman–Crippen MR) is 75.9 cm³/mol. The van der Waals surface area contributed by atoms with E-state index in [0.29, 0.717) is 4.47 Å². The number of halogens is 2. The van der Waals surface area contributed by atoms with E-state index in [1.807, 2.05) is 12.1 Å². The zero-order valence-corrected chi connectivity index (χ0v) is 12.7. The van der Waals surface area contributed by atoms with Crippen LogP contribution in [-0.4, -0.2) is 23.0 Å². The fraction of sp³-hybridized carbons (Fsp3) is 0.571. The molecule has 1 aliphatic heterocycles. The molecule has 1 saturated heterocycles. The van der Waals surface area contributed by atoms with Gasteiger partial charge in [0.25, 0.3) is 0 Å². The molecule has 0 amide bonds. The fourth-order valence-electron chi connectivity index (χ4n) is 2.69. The third kappa shape index (κ3) is 2.60. The first-order valence-electron chi connectivity index (χ1n) is 6.28. The maximum atomic E-state index is 13.3. The molecule has 1 fully saturated rings. The summed E-state index contributed by atoms with van der Waals surface area (Å²) in [4.78, 5) is 2.40. The Morgan fingerprint density at radius 2 is 2.06 bits per heavy atom. The van der Waals surface area contributed by atoms with Gasteiger partial charge in [-0.25, -0.2) is 4.39 Å². The Hall–Kier alpha value is -0.450. The quantitative estimate of drug-likeness (QED) is 0.860. The Kier molecular flexibility index (Phi) is 3.81. The minimum absolute atomic E-state index is 0.0691. The van der Waals surface area contributed by atoms with Crippen LogP contribution in [0.1, 0.15) is 38.8 Å². The second kappa shape index (κ2) is 4.91. The van der Waals surface area contributed by atoms with Crippen molar-refractivity contribution in [2.75, 3.05) is 6.54 Å². The summed E-state index contributed by atoms with van der Waals surface area (Å²) in [5.41, 5.74) is 7.39. The van der Waals surface area contributed by atoms with Gasteiger partial charge in [0.2, 0.25) is 0 Å². The number of hydrogen-bond acceptors (Lipinski definition) is 2. The second-order valence-corrected chi connectivity index (χ2v) is 6.79. The van der Waals surface area contributed by atoms with Gasteiger partial charge in [-0.1, -0.05) is 6.07 Å². The third-order valence-corrected chi connectivity index (χ3v) is 4.20. The summed E-state index contributed by atoms with van der Waals surface area (Å²) < 4.78 is 13.8. The van der Waals surface area contributed by atoms with Crippen LogP contribution in [-0.2, 0) is 0 Å². The van der Waals surface area contributed by atoms with Gasteiger partial charge in [0, 0.05) is 18.1 Å². The highest BCUT2D eigenvalue weighted by molar-refractivity contribution is 9.10. The first-order chi connectivity index (χ1) is 8.30. The van der Waals surface area contributed by atoms with Gasteiger partial charge in [-0.05, 0) is 60.8 Å². The topological polar surface area (TPSA) is 29.3 Å². The van der Waals surface area contributed by atoms with Crippen LogP contribution in [0.4, 0.5) is 4.39 Å². The number of rotatable bonds is 1. The Labute approximate surface area is 116 Å². The zero-order valence-electron chi connectivity index (χ0n) is 11.1. The molecule has 4 heteroatoms. The summed E-state index contributed by atoms with van der Waals surface area (Å²) in [5.74, 6) is -0.229. The van der Waals surface area contributed by atoms with Gasteiger partial charge in [0.15, 0.2) is 0 Å². The average molecular weight is 315 g/mol. The smallest absolute Gasteiger partial charge is 0.137 e. The molecule has 18 heavy (non-hydrogen) atoms. The minimum atomic E-state index is -0.229. The van der Waals surface area contributed by atoms with Gasteiger partial charge in [-0.15, -0.1) is 0 Å². The monoisotopic (exact) mass is 314 g/mol. The summed E-state index contributed by atoms with van der Waals surface area (Å²) in [5, 5.41) is 0. The molecule has 0 aromatic heterocycles. The normalized spacial score (nSPS) is 25.7. The number of nitrogens with zero attached hydrogens (tertiary/aromatic N) is 1. The van der Waals surface area contributed by atoms with Crippen LogP contribution in [0.5, 0.6) is 0 Å². The Balaban J connectivity index is 2.37. The lowest BCUT2D eigenvalue weighted by Gasteiger charge is -2.38. The molecule has 2 rings (SSSR count). The molecular weight excluding hydrogens is 295 g/mol. The van der Waals surface area contributed by atoms with Crippen LogP contribution in [0.3, 0.4) is 0 Å². The van der Waals surface area contributed by atoms with E-state index in [-0.39, 0.29) is 23.4 Å². The predicted octanol–water partition coefficient (Wildman–Crippen LogP) is 3.46. The van der Waals surface area contributed by atoms with Crippen molar-refractivity contribution in [1.82, 2.24) is 4.90 Å². The first kappa shape index (κ1) is 14.0. The van der Waals surface area contributed by atoms with E-state index < -0.39 is 0 Å². The number of likely N-dealkylation sites (tertiary alicyclic amines) is 1. The van der Waals surface area contributed by atoms with Crippen LogP contribution < -0.4 is 5.73 Å². The third-order valence-electron chi connectivity index (χ3n) is 3.59. The Morgan fingerprint density at radius 3 is 2.61 bits per heavy atom. The molecule has 100 valence electrons. The lowest BCUT2D eigenvalue weighted by atomic mass is 9.97. The maximum Gasteiger partial charge on any atom is 0.137 e. The van der Waals surface area contributed by atoms with Crippen molar-refractivity contribution >= 4 is 15.9 Å². The molecule has 2 atom stereocenters. The summed E-state index contributed by atoms with van der Waals surface area (Å²) in [6, 6.07) is 5.48. The van der Waals surface area contributed by atoms with Gasteiger partial charge >= 0.3 is 0 Å². The van der Waals surface area contributed by atoms with Crippen molar-refractivity contribution in [3.8, 4) is 0 Å². The molecular formula is C14H20BrFN2. The average Bonchev–Trinajstić information content (AvgIpc) is 2.64. The standard InChI is InChI=1S/C14H20BrFN2/c1-14(2,3)18-7-6-12(17)13(18)9-4-5-11(16)10(15)8-9/h4-5,8,12-13H,6-7,17H2,1-3H3. The summed E-state index contributed by atoms with van der Waals surface area (Å²) in [6.45, 7) is 7.56. The molecule has 1 aromatic carbocycles. The lowest BCUT2D eigenvalue weighted by Crippen LogP contribution is -2.43.